The third kappa shape index (κ3) is 3.10. The molecule has 1 fully saturated rings. The van der Waals surface area contributed by atoms with Gasteiger partial charge in [-0.3, -0.25) is 9.59 Å². The fourth-order valence-corrected chi connectivity index (χ4v) is 3.21. The first kappa shape index (κ1) is 14.9. The summed E-state index contributed by atoms with van der Waals surface area (Å²) >= 11 is 1.38. The van der Waals surface area contributed by atoms with Gasteiger partial charge < -0.3 is 11.1 Å². The first-order valence-corrected chi connectivity index (χ1v) is 8.27. The molecule has 1 aliphatic rings. The highest BCUT2D eigenvalue weighted by molar-refractivity contribution is 7.12. The molecular weight excluding hydrogens is 296 g/mol. The Labute approximate surface area is 133 Å². The van der Waals surface area contributed by atoms with Gasteiger partial charge in [-0.1, -0.05) is 24.3 Å². The smallest absolute Gasteiger partial charge is 0.252 e. The van der Waals surface area contributed by atoms with E-state index in [1.54, 1.807) is 30.3 Å². The van der Waals surface area contributed by atoms with E-state index >= 15 is 0 Å². The van der Waals surface area contributed by atoms with Gasteiger partial charge in [0.25, 0.3) is 5.91 Å². The predicted molar refractivity (Wildman–Crippen MR) is 87.2 cm³/mol. The van der Waals surface area contributed by atoms with Gasteiger partial charge in [-0.25, -0.2) is 0 Å². The van der Waals surface area contributed by atoms with Crippen molar-refractivity contribution in [2.75, 3.05) is 6.54 Å². The molecule has 0 bridgehead atoms. The minimum atomic E-state index is -0.220. The van der Waals surface area contributed by atoms with Crippen LogP contribution >= 0.6 is 11.3 Å². The molecule has 1 unspecified atom stereocenters. The second-order valence-corrected chi connectivity index (χ2v) is 6.45. The molecule has 0 spiro atoms. The molecule has 1 aromatic heterocycles. The van der Waals surface area contributed by atoms with Gasteiger partial charge in [-0.15, -0.1) is 11.3 Å². The molecule has 5 heteroatoms. The minimum absolute atomic E-state index is 0.00241. The number of rotatable bonds is 6. The number of carbonyl (C=O) groups excluding carboxylic acids is 2. The molecule has 4 nitrogen and oxygen atoms in total. The van der Waals surface area contributed by atoms with Gasteiger partial charge >= 0.3 is 0 Å². The van der Waals surface area contributed by atoms with Gasteiger partial charge in [0.05, 0.1) is 10.4 Å². The lowest BCUT2D eigenvalue weighted by Gasteiger charge is -2.17. The van der Waals surface area contributed by atoms with Crippen LogP contribution in [0.25, 0.3) is 0 Å². The Morgan fingerprint density at radius 2 is 1.91 bits per heavy atom. The zero-order valence-corrected chi connectivity index (χ0v) is 12.9. The predicted octanol–water partition coefficient (Wildman–Crippen LogP) is 2.45. The van der Waals surface area contributed by atoms with E-state index in [9.17, 15) is 9.59 Å². The van der Waals surface area contributed by atoms with E-state index < -0.39 is 0 Å². The van der Waals surface area contributed by atoms with Gasteiger partial charge in [-0.05, 0) is 36.3 Å². The van der Waals surface area contributed by atoms with Crippen LogP contribution in [0.2, 0.25) is 0 Å². The van der Waals surface area contributed by atoms with E-state index in [0.29, 0.717) is 28.5 Å². The number of carbonyl (C=O) groups is 2. The van der Waals surface area contributed by atoms with Crippen LogP contribution in [0.15, 0.2) is 41.8 Å². The lowest BCUT2D eigenvalue weighted by Crippen LogP contribution is -2.42. The third-order valence-corrected chi connectivity index (χ3v) is 4.79. The Kier molecular flexibility index (Phi) is 4.36. The van der Waals surface area contributed by atoms with E-state index in [2.05, 4.69) is 5.32 Å². The Balaban J connectivity index is 1.84. The summed E-state index contributed by atoms with van der Waals surface area (Å²) in [5, 5.41) is 4.83. The molecule has 1 heterocycles. The van der Waals surface area contributed by atoms with Crippen LogP contribution in [-0.2, 0) is 0 Å². The van der Waals surface area contributed by atoms with E-state index in [1.165, 1.54) is 11.3 Å². The van der Waals surface area contributed by atoms with Gasteiger partial charge in [-0.2, -0.15) is 0 Å². The van der Waals surface area contributed by atoms with Crippen LogP contribution in [0, 0.1) is 5.92 Å². The lowest BCUT2D eigenvalue weighted by molar-refractivity contribution is 0.0924. The number of hydrogen-bond acceptors (Lipinski definition) is 4. The first-order valence-electron chi connectivity index (χ1n) is 7.39. The molecule has 2 aromatic rings. The molecule has 3 N–H and O–H groups in total. The van der Waals surface area contributed by atoms with Crippen LogP contribution in [-0.4, -0.2) is 24.3 Å². The molecule has 1 aliphatic carbocycles. The Hall–Kier alpha value is -1.98. The van der Waals surface area contributed by atoms with Crippen molar-refractivity contribution in [3.05, 3.63) is 57.8 Å². The highest BCUT2D eigenvalue weighted by atomic mass is 32.1. The number of hydrogen-bond donors (Lipinski definition) is 2. The van der Waals surface area contributed by atoms with E-state index in [1.807, 2.05) is 11.4 Å². The number of thiophene rings is 1. The van der Waals surface area contributed by atoms with E-state index in [4.69, 9.17) is 5.73 Å². The van der Waals surface area contributed by atoms with Crippen LogP contribution in [0.3, 0.4) is 0 Å². The first-order chi connectivity index (χ1) is 10.7. The zero-order valence-electron chi connectivity index (χ0n) is 12.1. The normalized spacial score (nSPS) is 15.3. The van der Waals surface area contributed by atoms with Gasteiger partial charge in [0.2, 0.25) is 5.78 Å². The summed E-state index contributed by atoms with van der Waals surface area (Å²) in [4.78, 5) is 25.7. The zero-order chi connectivity index (χ0) is 15.5. The number of ketones is 1. The van der Waals surface area contributed by atoms with Crippen molar-refractivity contribution < 1.29 is 9.59 Å². The molecule has 3 rings (SSSR count). The number of amides is 1. The highest BCUT2D eigenvalue weighted by Gasteiger charge is 2.32. The molecule has 22 heavy (non-hydrogen) atoms. The third-order valence-electron chi connectivity index (χ3n) is 3.92. The molecule has 1 aromatic carbocycles. The second-order valence-electron chi connectivity index (χ2n) is 5.51. The monoisotopic (exact) mass is 314 g/mol. The summed E-state index contributed by atoms with van der Waals surface area (Å²) in [6, 6.07) is 10.5. The van der Waals surface area contributed by atoms with E-state index in [0.717, 1.165) is 12.8 Å². The van der Waals surface area contributed by atoms with Crippen LogP contribution in [0.4, 0.5) is 0 Å². The summed E-state index contributed by atoms with van der Waals surface area (Å²) in [7, 11) is 0. The summed E-state index contributed by atoms with van der Waals surface area (Å²) in [6.45, 7) is 0.428. The summed E-state index contributed by atoms with van der Waals surface area (Å²) in [6.07, 6.45) is 2.22. The molecule has 114 valence electrons. The molecule has 0 saturated heterocycles. The van der Waals surface area contributed by atoms with Crippen molar-refractivity contribution in [2.45, 2.75) is 18.9 Å². The Morgan fingerprint density at radius 3 is 2.50 bits per heavy atom. The number of nitrogens with two attached hydrogens (primary N) is 1. The summed E-state index contributed by atoms with van der Waals surface area (Å²) < 4.78 is 0. The van der Waals surface area contributed by atoms with Crippen LogP contribution in [0.5, 0.6) is 0 Å². The van der Waals surface area contributed by atoms with Gasteiger partial charge in [0.1, 0.15) is 0 Å². The minimum Gasteiger partial charge on any atom is -0.348 e. The van der Waals surface area contributed by atoms with Crippen LogP contribution in [0.1, 0.15) is 38.4 Å². The average Bonchev–Trinajstić information content (AvgIpc) is 3.25. The van der Waals surface area contributed by atoms with Crippen molar-refractivity contribution in [3.63, 3.8) is 0 Å². The van der Waals surface area contributed by atoms with Crippen molar-refractivity contribution in [2.24, 2.45) is 11.7 Å². The molecule has 1 saturated carbocycles. The quantitative estimate of drug-likeness (QED) is 0.804. The number of nitrogens with one attached hydrogen (secondary N) is 1. The van der Waals surface area contributed by atoms with Gasteiger partial charge in [0.15, 0.2) is 0 Å². The van der Waals surface area contributed by atoms with Crippen LogP contribution < -0.4 is 11.1 Å². The molecule has 1 atom stereocenters. The van der Waals surface area contributed by atoms with Crippen molar-refractivity contribution >= 4 is 23.0 Å². The maximum Gasteiger partial charge on any atom is 0.252 e. The van der Waals surface area contributed by atoms with Crippen molar-refractivity contribution in [1.29, 1.82) is 0 Å². The molecular formula is C17H18N2O2S. The molecule has 0 aliphatic heterocycles. The van der Waals surface area contributed by atoms with Gasteiger partial charge in [0, 0.05) is 18.2 Å². The maximum absolute atomic E-state index is 12.5. The average molecular weight is 314 g/mol. The fraction of sp³-hybridized carbons (Fsp3) is 0.294. The summed E-state index contributed by atoms with van der Waals surface area (Å²) in [5.74, 6) is 0.147. The SMILES string of the molecule is NCC(NC(=O)c1ccccc1C(=O)c1cccs1)C1CC1. The second kappa shape index (κ2) is 6.42. The largest absolute Gasteiger partial charge is 0.348 e. The summed E-state index contributed by atoms with van der Waals surface area (Å²) in [5.41, 5.74) is 6.59. The fourth-order valence-electron chi connectivity index (χ4n) is 2.53. The topological polar surface area (TPSA) is 72.2 Å². The van der Waals surface area contributed by atoms with Crippen molar-refractivity contribution in [1.82, 2.24) is 5.32 Å². The number of benzene rings is 1. The maximum atomic E-state index is 12.5. The molecule has 1 amide bonds. The Morgan fingerprint density at radius 1 is 1.18 bits per heavy atom. The lowest BCUT2D eigenvalue weighted by atomic mass is 10.0. The highest BCUT2D eigenvalue weighted by Crippen LogP contribution is 2.32. The Bertz CT molecular complexity index is 678. The standard InChI is InChI=1S/C17H18N2O2S/c18-10-14(11-7-8-11)19-17(21)13-5-2-1-4-12(13)16(20)15-6-3-9-22-15/h1-6,9,11,14H,7-8,10,18H2,(H,19,21). The van der Waals surface area contributed by atoms with Crippen molar-refractivity contribution in [3.8, 4) is 0 Å². The van der Waals surface area contributed by atoms with E-state index in [-0.39, 0.29) is 17.7 Å². The molecule has 0 radical (unpaired) electrons.